The third-order valence-electron chi connectivity index (χ3n) is 5.09. The summed E-state index contributed by atoms with van der Waals surface area (Å²) in [6.45, 7) is 2.17. The Morgan fingerprint density at radius 2 is 1.76 bits per heavy atom. The summed E-state index contributed by atoms with van der Waals surface area (Å²) in [6.07, 6.45) is 0. The number of anilines is 1. The predicted molar refractivity (Wildman–Crippen MR) is 133 cm³/mol. The summed E-state index contributed by atoms with van der Waals surface area (Å²) in [6, 6.07) is 18.4. The highest BCUT2D eigenvalue weighted by Gasteiger charge is 2.14. The first-order valence-corrected chi connectivity index (χ1v) is 11.4. The number of benzene rings is 3. The van der Waals surface area contributed by atoms with Gasteiger partial charge in [-0.2, -0.15) is 5.10 Å². The largest absolute Gasteiger partial charge is 0.487 e. The minimum Gasteiger partial charge on any atom is -0.487 e. The van der Waals surface area contributed by atoms with Crippen LogP contribution in [0.3, 0.4) is 0 Å². The van der Waals surface area contributed by atoms with Crippen molar-refractivity contribution < 1.29 is 13.9 Å². The van der Waals surface area contributed by atoms with Gasteiger partial charge in [0.15, 0.2) is 5.82 Å². The van der Waals surface area contributed by atoms with Gasteiger partial charge in [-0.05, 0) is 48.9 Å². The topological polar surface area (TPSA) is 56.1 Å². The number of rotatable bonds is 7. The van der Waals surface area contributed by atoms with Gasteiger partial charge in [0.05, 0.1) is 11.6 Å². The zero-order valence-corrected chi connectivity index (χ0v) is 20.3. The number of aromatic nitrogens is 2. The van der Waals surface area contributed by atoms with Gasteiger partial charge in [0.2, 0.25) is 0 Å². The van der Waals surface area contributed by atoms with Crippen LogP contribution < -0.4 is 10.1 Å². The first kappa shape index (κ1) is 24.1. The molecule has 0 saturated heterocycles. The number of aryl methyl sites for hydroxylation is 1. The molecule has 1 aromatic heterocycles. The van der Waals surface area contributed by atoms with Crippen molar-refractivity contribution in [2.75, 3.05) is 5.32 Å². The maximum absolute atomic E-state index is 14.1. The average Bonchev–Trinajstić information content (AvgIpc) is 3.16. The Morgan fingerprint density at radius 3 is 2.56 bits per heavy atom. The molecule has 0 radical (unpaired) electrons. The molecule has 0 unspecified atom stereocenters. The third kappa shape index (κ3) is 5.53. The molecule has 9 heteroatoms. The fourth-order valence-electron chi connectivity index (χ4n) is 3.31. The third-order valence-corrected chi connectivity index (χ3v) is 6.25. The fourth-order valence-corrected chi connectivity index (χ4v) is 3.88. The van der Waals surface area contributed by atoms with Crippen molar-refractivity contribution in [1.82, 2.24) is 9.78 Å². The van der Waals surface area contributed by atoms with Crippen molar-refractivity contribution in [3.05, 3.63) is 110 Å². The van der Waals surface area contributed by atoms with Gasteiger partial charge in [0.1, 0.15) is 23.2 Å². The highest BCUT2D eigenvalue weighted by Crippen LogP contribution is 2.32. The second kappa shape index (κ2) is 10.5. The van der Waals surface area contributed by atoms with Gasteiger partial charge in [-0.3, -0.25) is 9.48 Å². The zero-order valence-electron chi connectivity index (χ0n) is 18.0. The van der Waals surface area contributed by atoms with Crippen LogP contribution in [0.4, 0.5) is 10.2 Å². The molecular weight excluding hydrogens is 500 g/mol. The molecule has 0 spiro atoms. The predicted octanol–water partition coefficient (Wildman–Crippen LogP) is 7.17. The van der Waals surface area contributed by atoms with Crippen molar-refractivity contribution >= 4 is 46.5 Å². The number of carbonyl (C=O) groups is 1. The van der Waals surface area contributed by atoms with E-state index in [4.69, 9.17) is 39.5 Å². The molecule has 0 fully saturated rings. The minimum atomic E-state index is -0.411. The smallest absolute Gasteiger partial charge is 0.256 e. The van der Waals surface area contributed by atoms with E-state index in [0.29, 0.717) is 37.8 Å². The van der Waals surface area contributed by atoms with Crippen molar-refractivity contribution in [2.24, 2.45) is 0 Å². The SMILES string of the molecule is Cc1cc(NC(=O)c2cccc(COc3cccc(Cl)c3Cl)c2)nn1Cc1c(F)cccc1Cl. The minimum absolute atomic E-state index is 0.145. The zero-order chi connectivity index (χ0) is 24.2. The second-order valence-electron chi connectivity index (χ2n) is 7.52. The Bertz CT molecular complexity index is 1340. The van der Waals surface area contributed by atoms with Crippen molar-refractivity contribution in [3.8, 4) is 5.75 Å². The summed E-state index contributed by atoms with van der Waals surface area (Å²) in [5, 5.41) is 8.21. The van der Waals surface area contributed by atoms with Crippen LogP contribution in [0.1, 0.15) is 27.2 Å². The average molecular weight is 519 g/mol. The van der Waals surface area contributed by atoms with Crippen molar-refractivity contribution in [1.29, 1.82) is 0 Å². The Labute approximate surface area is 211 Å². The summed E-state index contributed by atoms with van der Waals surface area (Å²) in [4.78, 5) is 12.8. The van der Waals surface area contributed by atoms with Crippen LogP contribution in [0.2, 0.25) is 15.1 Å². The molecule has 1 N–H and O–H groups in total. The van der Waals surface area contributed by atoms with E-state index in [0.717, 1.165) is 11.3 Å². The number of nitrogens with one attached hydrogen (secondary N) is 1. The van der Waals surface area contributed by atoms with Crippen LogP contribution in [0.25, 0.3) is 0 Å². The number of carbonyl (C=O) groups excluding carboxylic acids is 1. The van der Waals surface area contributed by atoms with E-state index in [-0.39, 0.29) is 19.1 Å². The van der Waals surface area contributed by atoms with Crippen LogP contribution in [0.15, 0.2) is 66.7 Å². The molecule has 1 heterocycles. The van der Waals surface area contributed by atoms with E-state index in [9.17, 15) is 9.18 Å². The first-order chi connectivity index (χ1) is 16.3. The van der Waals surface area contributed by atoms with Gasteiger partial charge in [0.25, 0.3) is 5.91 Å². The summed E-state index contributed by atoms with van der Waals surface area (Å²) in [5.74, 6) is 0.0598. The molecule has 4 aromatic rings. The fraction of sp³-hybridized carbons (Fsp3) is 0.120. The first-order valence-electron chi connectivity index (χ1n) is 10.3. The van der Waals surface area contributed by atoms with E-state index in [2.05, 4.69) is 10.4 Å². The van der Waals surface area contributed by atoms with Gasteiger partial charge >= 0.3 is 0 Å². The molecule has 0 bridgehead atoms. The number of hydrogen-bond acceptors (Lipinski definition) is 3. The molecule has 0 aliphatic rings. The molecule has 3 aromatic carbocycles. The number of amides is 1. The Balaban J connectivity index is 1.44. The summed E-state index contributed by atoms with van der Waals surface area (Å²) >= 11 is 18.3. The van der Waals surface area contributed by atoms with Gasteiger partial charge in [-0.25, -0.2) is 4.39 Å². The lowest BCUT2D eigenvalue weighted by Crippen LogP contribution is -2.13. The van der Waals surface area contributed by atoms with E-state index in [1.807, 2.05) is 13.0 Å². The highest BCUT2D eigenvalue weighted by atomic mass is 35.5. The Kier molecular flexibility index (Phi) is 7.41. The number of nitrogens with zero attached hydrogens (tertiary/aromatic N) is 2. The summed E-state index contributed by atoms with van der Waals surface area (Å²) < 4.78 is 21.5. The standard InChI is InChI=1S/C25H19Cl3FN3O2/c1-15-11-23(31-32(15)13-18-19(26)7-3-9-21(18)29)30-25(33)17-6-2-5-16(12-17)14-34-22-10-4-8-20(27)24(22)28/h2-12H,13-14H2,1H3,(H,30,31,33). The van der Waals surface area contributed by atoms with E-state index >= 15 is 0 Å². The monoisotopic (exact) mass is 517 g/mol. The quantitative estimate of drug-likeness (QED) is 0.282. The Hall–Kier alpha value is -3.06. The molecule has 1 amide bonds. The molecule has 5 nitrogen and oxygen atoms in total. The molecule has 0 atom stereocenters. The lowest BCUT2D eigenvalue weighted by atomic mass is 10.1. The van der Waals surface area contributed by atoms with Gasteiger partial charge in [0, 0.05) is 27.9 Å². The molecule has 0 aliphatic heterocycles. The summed E-state index contributed by atoms with van der Waals surface area (Å²) in [7, 11) is 0. The number of halogens is 4. The van der Waals surface area contributed by atoms with Crippen LogP contribution in [0.5, 0.6) is 5.75 Å². The molecule has 0 aliphatic carbocycles. The van der Waals surface area contributed by atoms with Crippen molar-refractivity contribution in [3.63, 3.8) is 0 Å². The normalized spacial score (nSPS) is 10.9. The number of ether oxygens (including phenoxy) is 1. The molecule has 174 valence electrons. The van der Waals surface area contributed by atoms with Crippen molar-refractivity contribution in [2.45, 2.75) is 20.1 Å². The molecule has 4 rings (SSSR count). The second-order valence-corrected chi connectivity index (χ2v) is 8.72. The molecular formula is C25H19Cl3FN3O2. The van der Waals surface area contributed by atoms with Crippen LogP contribution in [-0.4, -0.2) is 15.7 Å². The van der Waals surface area contributed by atoms with Gasteiger partial charge in [-0.1, -0.05) is 59.1 Å². The lowest BCUT2D eigenvalue weighted by Gasteiger charge is -2.10. The van der Waals surface area contributed by atoms with E-state index < -0.39 is 5.82 Å². The molecule has 0 saturated carbocycles. The van der Waals surface area contributed by atoms with Crippen LogP contribution in [-0.2, 0) is 13.2 Å². The lowest BCUT2D eigenvalue weighted by molar-refractivity contribution is 0.102. The highest BCUT2D eigenvalue weighted by molar-refractivity contribution is 6.42. The number of hydrogen-bond donors (Lipinski definition) is 1. The Morgan fingerprint density at radius 1 is 1.03 bits per heavy atom. The van der Waals surface area contributed by atoms with Gasteiger partial charge in [-0.15, -0.1) is 0 Å². The summed E-state index contributed by atoms with van der Waals surface area (Å²) in [5.41, 5.74) is 2.29. The van der Waals surface area contributed by atoms with E-state index in [1.165, 1.54) is 6.07 Å². The maximum atomic E-state index is 14.1. The van der Waals surface area contributed by atoms with Crippen LogP contribution in [0, 0.1) is 12.7 Å². The van der Waals surface area contributed by atoms with E-state index in [1.54, 1.807) is 59.3 Å². The van der Waals surface area contributed by atoms with Crippen LogP contribution >= 0.6 is 34.8 Å². The molecule has 34 heavy (non-hydrogen) atoms. The van der Waals surface area contributed by atoms with Gasteiger partial charge < -0.3 is 10.1 Å². The maximum Gasteiger partial charge on any atom is 0.256 e.